The highest BCUT2D eigenvalue weighted by Crippen LogP contribution is 1.97. The summed E-state index contributed by atoms with van der Waals surface area (Å²) in [4.78, 5) is 2.44. The van der Waals surface area contributed by atoms with Crippen LogP contribution in [0.15, 0.2) is 11.9 Å². The van der Waals surface area contributed by atoms with E-state index in [1.54, 1.807) is 0 Å². The molecule has 0 amide bonds. The van der Waals surface area contributed by atoms with Crippen LogP contribution in [0, 0.1) is 0 Å². The zero-order valence-electron chi connectivity index (χ0n) is 12.3. The van der Waals surface area contributed by atoms with Crippen LogP contribution < -0.4 is 16.4 Å². The molecule has 1 aliphatic rings. The minimum atomic E-state index is 0.932. The minimum absolute atomic E-state index is 0.932. The lowest BCUT2D eigenvalue weighted by atomic mass is 10.3. The van der Waals surface area contributed by atoms with Crippen molar-refractivity contribution in [1.82, 2.24) is 15.5 Å². The first-order valence-corrected chi connectivity index (χ1v) is 6.88. The summed E-state index contributed by atoms with van der Waals surface area (Å²) >= 11 is 0. The summed E-state index contributed by atoms with van der Waals surface area (Å²) < 4.78 is 0. The topological polar surface area (TPSA) is 53.3 Å². The Morgan fingerprint density at radius 2 is 1.76 bits per heavy atom. The number of hydrogen-bond donors (Lipinski definition) is 3. The van der Waals surface area contributed by atoms with Crippen LogP contribution in [0.5, 0.6) is 0 Å². The zero-order chi connectivity index (χ0) is 13.5. The first-order valence-electron chi connectivity index (χ1n) is 6.88. The standard InChI is InChI=1S/C9H20N4.2C2H6/c1-11-8-9(10)2-5-13-6-3-12-4-7-13;2*1-2/h8,11-12H,2-7,10H2,1H3;2*1-2H3/b9-8-;;. The van der Waals surface area contributed by atoms with Gasteiger partial charge in [0.05, 0.1) is 0 Å². The van der Waals surface area contributed by atoms with Gasteiger partial charge >= 0.3 is 0 Å². The third kappa shape index (κ3) is 11.5. The number of nitrogens with one attached hydrogen (secondary N) is 2. The van der Waals surface area contributed by atoms with E-state index in [4.69, 9.17) is 5.73 Å². The second kappa shape index (κ2) is 15.3. The molecule has 1 rings (SSSR count). The molecule has 0 saturated carbocycles. The molecule has 0 aliphatic carbocycles. The van der Waals surface area contributed by atoms with Crippen LogP contribution in [0.1, 0.15) is 34.1 Å². The molecule has 1 heterocycles. The van der Waals surface area contributed by atoms with Crippen LogP contribution in [0.4, 0.5) is 0 Å². The molecule has 1 fully saturated rings. The quantitative estimate of drug-likeness (QED) is 0.699. The lowest BCUT2D eigenvalue weighted by Crippen LogP contribution is -2.43. The Labute approximate surface area is 108 Å². The number of rotatable bonds is 4. The smallest absolute Gasteiger partial charge is 0.0253 e. The maximum absolute atomic E-state index is 5.76. The molecular weight excluding hydrogens is 212 g/mol. The number of hydrogen-bond acceptors (Lipinski definition) is 4. The molecule has 0 aromatic carbocycles. The Balaban J connectivity index is 0. The van der Waals surface area contributed by atoms with Crippen molar-refractivity contribution in [3.8, 4) is 0 Å². The van der Waals surface area contributed by atoms with Crippen molar-refractivity contribution in [3.05, 3.63) is 11.9 Å². The van der Waals surface area contributed by atoms with Gasteiger partial charge in [-0.3, -0.25) is 0 Å². The van der Waals surface area contributed by atoms with Crippen molar-refractivity contribution in [2.24, 2.45) is 5.73 Å². The number of piperazine rings is 1. The molecule has 4 nitrogen and oxygen atoms in total. The molecular formula is C13H32N4. The van der Waals surface area contributed by atoms with Gasteiger partial charge < -0.3 is 21.3 Å². The van der Waals surface area contributed by atoms with Crippen LogP contribution in [-0.2, 0) is 0 Å². The average molecular weight is 244 g/mol. The van der Waals surface area contributed by atoms with Gasteiger partial charge in [-0.1, -0.05) is 27.7 Å². The molecule has 0 bridgehead atoms. The van der Waals surface area contributed by atoms with E-state index in [9.17, 15) is 0 Å². The van der Waals surface area contributed by atoms with Crippen molar-refractivity contribution < 1.29 is 0 Å². The molecule has 0 aromatic rings. The SMILES string of the molecule is CC.CC.CN/C=C(\N)CCN1CCNCC1. The molecule has 1 aliphatic heterocycles. The van der Waals surface area contributed by atoms with Gasteiger partial charge in [0.15, 0.2) is 0 Å². The van der Waals surface area contributed by atoms with Gasteiger partial charge in [0.2, 0.25) is 0 Å². The fourth-order valence-corrected chi connectivity index (χ4v) is 1.48. The fraction of sp³-hybridized carbons (Fsp3) is 0.846. The molecule has 0 radical (unpaired) electrons. The van der Waals surface area contributed by atoms with E-state index in [1.165, 1.54) is 0 Å². The Morgan fingerprint density at radius 3 is 2.24 bits per heavy atom. The van der Waals surface area contributed by atoms with Crippen LogP contribution >= 0.6 is 0 Å². The third-order valence-corrected chi connectivity index (χ3v) is 2.26. The Bertz CT molecular complexity index is 163. The van der Waals surface area contributed by atoms with Gasteiger partial charge in [-0.15, -0.1) is 0 Å². The first-order chi connectivity index (χ1) is 8.33. The molecule has 0 unspecified atom stereocenters. The van der Waals surface area contributed by atoms with Gasteiger partial charge in [-0.05, 0) is 0 Å². The van der Waals surface area contributed by atoms with Crippen LogP contribution in [0.2, 0.25) is 0 Å². The predicted octanol–water partition coefficient (Wildman–Crippen LogP) is 1.35. The van der Waals surface area contributed by atoms with E-state index in [-0.39, 0.29) is 0 Å². The van der Waals surface area contributed by atoms with Crippen LogP contribution in [0.25, 0.3) is 0 Å². The Hall–Kier alpha value is -0.740. The third-order valence-electron chi connectivity index (χ3n) is 2.26. The van der Waals surface area contributed by atoms with E-state index >= 15 is 0 Å². The normalized spacial score (nSPS) is 16.2. The Kier molecular flexibility index (Phi) is 16.7. The number of nitrogens with zero attached hydrogens (tertiary/aromatic N) is 1. The maximum atomic E-state index is 5.76. The maximum Gasteiger partial charge on any atom is 0.0253 e. The van der Waals surface area contributed by atoms with Crippen molar-refractivity contribution in [1.29, 1.82) is 0 Å². The minimum Gasteiger partial charge on any atom is -0.401 e. The zero-order valence-corrected chi connectivity index (χ0v) is 12.3. The fourth-order valence-electron chi connectivity index (χ4n) is 1.48. The van der Waals surface area contributed by atoms with Crippen molar-refractivity contribution in [2.45, 2.75) is 34.1 Å². The van der Waals surface area contributed by atoms with Crippen molar-refractivity contribution >= 4 is 0 Å². The van der Waals surface area contributed by atoms with Gasteiger partial charge in [0.25, 0.3) is 0 Å². The lowest BCUT2D eigenvalue weighted by molar-refractivity contribution is 0.243. The monoisotopic (exact) mass is 244 g/mol. The van der Waals surface area contributed by atoms with Gasteiger partial charge in [0.1, 0.15) is 0 Å². The summed E-state index contributed by atoms with van der Waals surface area (Å²) in [5.74, 6) is 0. The first kappa shape index (κ1) is 18.6. The lowest BCUT2D eigenvalue weighted by Gasteiger charge is -2.27. The summed E-state index contributed by atoms with van der Waals surface area (Å²) in [5.41, 5.74) is 6.69. The molecule has 17 heavy (non-hydrogen) atoms. The highest BCUT2D eigenvalue weighted by atomic mass is 15.2. The molecule has 104 valence electrons. The Morgan fingerprint density at radius 1 is 1.24 bits per heavy atom. The molecule has 4 heteroatoms. The molecule has 1 saturated heterocycles. The van der Waals surface area contributed by atoms with E-state index < -0.39 is 0 Å². The second-order valence-corrected chi connectivity index (χ2v) is 3.35. The van der Waals surface area contributed by atoms with Crippen LogP contribution in [-0.4, -0.2) is 44.7 Å². The van der Waals surface area contributed by atoms with Crippen molar-refractivity contribution in [3.63, 3.8) is 0 Å². The molecule has 4 N–H and O–H groups in total. The highest BCUT2D eigenvalue weighted by Gasteiger charge is 2.08. The van der Waals surface area contributed by atoms with E-state index in [1.807, 2.05) is 40.9 Å². The van der Waals surface area contributed by atoms with Gasteiger partial charge in [0, 0.05) is 58.1 Å². The second-order valence-electron chi connectivity index (χ2n) is 3.35. The molecule has 0 atom stereocenters. The summed E-state index contributed by atoms with van der Waals surface area (Å²) in [6, 6.07) is 0. The van der Waals surface area contributed by atoms with Crippen molar-refractivity contribution in [2.75, 3.05) is 39.8 Å². The summed E-state index contributed by atoms with van der Waals surface area (Å²) in [5, 5.41) is 6.26. The average Bonchev–Trinajstić information content (AvgIpc) is 2.43. The molecule has 0 aromatic heterocycles. The van der Waals surface area contributed by atoms with Gasteiger partial charge in [-0.2, -0.15) is 0 Å². The van der Waals surface area contributed by atoms with E-state index in [2.05, 4.69) is 15.5 Å². The largest absolute Gasteiger partial charge is 0.401 e. The van der Waals surface area contributed by atoms with Crippen LogP contribution in [0.3, 0.4) is 0 Å². The predicted molar refractivity (Wildman–Crippen MR) is 78.0 cm³/mol. The summed E-state index contributed by atoms with van der Waals surface area (Å²) in [7, 11) is 1.87. The molecule has 0 spiro atoms. The van der Waals surface area contributed by atoms with E-state index in [0.717, 1.165) is 44.8 Å². The summed E-state index contributed by atoms with van der Waals surface area (Å²) in [6.07, 6.45) is 2.82. The highest BCUT2D eigenvalue weighted by molar-refractivity contribution is 4.94. The van der Waals surface area contributed by atoms with E-state index in [0.29, 0.717) is 0 Å². The summed E-state index contributed by atoms with van der Waals surface area (Å²) in [6.45, 7) is 13.6. The number of nitrogens with two attached hydrogens (primary N) is 1. The van der Waals surface area contributed by atoms with Gasteiger partial charge in [-0.25, -0.2) is 0 Å².